The van der Waals surface area contributed by atoms with E-state index in [4.69, 9.17) is 0 Å². The van der Waals surface area contributed by atoms with Gasteiger partial charge in [0.25, 0.3) is 0 Å². The van der Waals surface area contributed by atoms with Crippen LogP contribution in [0.2, 0.25) is 0 Å². The molecule has 15 heavy (non-hydrogen) atoms. The lowest BCUT2D eigenvalue weighted by atomic mass is 9.98. The molecule has 0 saturated carbocycles. The molecule has 0 bridgehead atoms. The van der Waals surface area contributed by atoms with E-state index < -0.39 is 0 Å². The van der Waals surface area contributed by atoms with Crippen LogP contribution in [0, 0.1) is 0 Å². The normalized spacial score (nSPS) is 13.5. The second-order valence-electron chi connectivity index (χ2n) is 4.32. The highest BCUT2D eigenvalue weighted by molar-refractivity contribution is 15.0. The largest absolute Gasteiger partial charge is 0.298 e. The third-order valence-electron chi connectivity index (χ3n) is 3.05. The fourth-order valence-corrected chi connectivity index (χ4v) is 1.06. The lowest BCUT2D eigenvalue weighted by Gasteiger charge is -2.40. The Morgan fingerprint density at radius 1 is 1.20 bits per heavy atom. The first kappa shape index (κ1) is 18.4. The van der Waals surface area contributed by atoms with Gasteiger partial charge < -0.3 is 0 Å². The summed E-state index contributed by atoms with van der Waals surface area (Å²) in [4.78, 5) is 15.5. The van der Waals surface area contributed by atoms with Gasteiger partial charge in [-0.1, -0.05) is 0 Å². The molecule has 0 saturated heterocycles. The summed E-state index contributed by atoms with van der Waals surface area (Å²) in [7, 11) is 6.00. The van der Waals surface area contributed by atoms with Crippen molar-refractivity contribution in [2.75, 3.05) is 21.1 Å². The topological polar surface area (TPSA) is 23.6 Å². The van der Waals surface area contributed by atoms with Crippen LogP contribution >= 0.6 is 37.2 Å². The number of rotatable bonds is 4. The molecule has 0 aliphatic heterocycles. The molecule has 0 rings (SSSR count). The molecular weight excluding hydrogens is 418 g/mol. The maximum Gasteiger partial charge on any atom is 0.149 e. The van der Waals surface area contributed by atoms with Crippen molar-refractivity contribution in [1.82, 2.24) is 9.80 Å². The van der Waals surface area contributed by atoms with E-state index in [2.05, 4.69) is 54.0 Å². The Balaban J connectivity index is 0. The molecule has 1 unspecified atom stereocenters. The molecule has 1 atom stereocenters. The first-order valence-corrected chi connectivity index (χ1v) is 11.0. The Kier molecular flexibility index (Phi) is 10.1. The standard InChI is InChI=1S/C10H22N2O.I2/c1-8(13)10(3,4)12(7)9(2)11(5)6;1-2/h9H,1-7H3;. The van der Waals surface area contributed by atoms with Crippen molar-refractivity contribution in [1.29, 1.82) is 0 Å². The van der Waals surface area contributed by atoms with E-state index in [0.29, 0.717) is 0 Å². The predicted octanol–water partition coefficient (Wildman–Crippen LogP) is 2.96. The van der Waals surface area contributed by atoms with E-state index in [-0.39, 0.29) is 17.5 Å². The third-order valence-corrected chi connectivity index (χ3v) is 3.05. The Morgan fingerprint density at radius 2 is 1.53 bits per heavy atom. The number of ketones is 1. The van der Waals surface area contributed by atoms with E-state index in [1.807, 2.05) is 35.0 Å². The van der Waals surface area contributed by atoms with Gasteiger partial charge in [0, 0.05) is 37.2 Å². The minimum Gasteiger partial charge on any atom is -0.298 e. The Hall–Kier alpha value is 1.05. The molecule has 3 nitrogen and oxygen atoms in total. The number of Topliss-reactive ketones (excluding diaryl/α,β-unsaturated/α-hetero) is 1. The average Bonchev–Trinajstić information content (AvgIpc) is 2.18. The van der Waals surface area contributed by atoms with Gasteiger partial charge in [0.15, 0.2) is 0 Å². The van der Waals surface area contributed by atoms with Crippen molar-refractivity contribution >= 4 is 43.0 Å². The van der Waals surface area contributed by atoms with Gasteiger partial charge in [0.05, 0.1) is 11.7 Å². The molecule has 0 aromatic rings. The molecule has 0 amide bonds. The van der Waals surface area contributed by atoms with Gasteiger partial charge in [-0.3, -0.25) is 14.6 Å². The average molecular weight is 440 g/mol. The van der Waals surface area contributed by atoms with Crippen molar-refractivity contribution < 1.29 is 4.79 Å². The molecule has 0 aliphatic carbocycles. The number of likely N-dealkylation sites (N-methyl/N-ethyl adjacent to an activating group) is 1. The van der Waals surface area contributed by atoms with Crippen molar-refractivity contribution in [3.8, 4) is 0 Å². The van der Waals surface area contributed by atoms with E-state index >= 15 is 0 Å². The fourth-order valence-electron chi connectivity index (χ4n) is 1.06. The molecule has 5 heteroatoms. The van der Waals surface area contributed by atoms with Crippen LogP contribution in [0.4, 0.5) is 0 Å². The number of carbonyl (C=O) groups excluding carboxylic acids is 1. The number of hydrogen-bond donors (Lipinski definition) is 0. The van der Waals surface area contributed by atoms with Crippen LogP contribution in [-0.4, -0.2) is 48.4 Å². The first-order chi connectivity index (χ1) is 6.71. The maximum atomic E-state index is 11.4. The fraction of sp³-hybridized carbons (Fsp3) is 0.900. The highest BCUT2D eigenvalue weighted by Gasteiger charge is 2.32. The second kappa shape index (κ2) is 8.19. The van der Waals surface area contributed by atoms with Crippen LogP contribution in [0.15, 0.2) is 0 Å². The van der Waals surface area contributed by atoms with Crippen LogP contribution in [0.1, 0.15) is 27.7 Å². The van der Waals surface area contributed by atoms with Gasteiger partial charge in [-0.25, -0.2) is 0 Å². The van der Waals surface area contributed by atoms with E-state index in [1.165, 1.54) is 0 Å². The van der Waals surface area contributed by atoms with Gasteiger partial charge in [-0.15, -0.1) is 0 Å². The van der Waals surface area contributed by atoms with E-state index in [0.717, 1.165) is 0 Å². The number of halogens is 2. The summed E-state index contributed by atoms with van der Waals surface area (Å²) in [6, 6.07) is 0. The molecule has 0 aromatic heterocycles. The summed E-state index contributed by atoms with van der Waals surface area (Å²) < 4.78 is 0. The lowest BCUT2D eigenvalue weighted by Crippen LogP contribution is -2.54. The van der Waals surface area contributed by atoms with Crippen LogP contribution < -0.4 is 0 Å². The van der Waals surface area contributed by atoms with Gasteiger partial charge in [-0.05, 0) is 48.8 Å². The minimum absolute atomic E-state index is 0.198. The van der Waals surface area contributed by atoms with E-state index in [1.54, 1.807) is 6.92 Å². The Bertz CT molecular complexity index is 196. The molecule has 0 aromatic carbocycles. The molecular formula is C10H22I2N2O. The van der Waals surface area contributed by atoms with Gasteiger partial charge in [-0.2, -0.15) is 0 Å². The zero-order valence-corrected chi connectivity index (χ0v) is 15.0. The molecule has 0 aliphatic rings. The van der Waals surface area contributed by atoms with Crippen LogP contribution in [0.3, 0.4) is 0 Å². The summed E-state index contributed by atoms with van der Waals surface area (Å²) in [6.45, 7) is 7.63. The second-order valence-corrected chi connectivity index (χ2v) is 4.32. The zero-order chi connectivity index (χ0) is 12.8. The monoisotopic (exact) mass is 440 g/mol. The SMILES string of the molecule is CC(=O)C(C)(C)N(C)C(C)N(C)C.II. The van der Waals surface area contributed by atoms with Gasteiger partial charge >= 0.3 is 0 Å². The lowest BCUT2D eigenvalue weighted by molar-refractivity contribution is -0.129. The number of hydrogen-bond acceptors (Lipinski definition) is 3. The van der Waals surface area contributed by atoms with Gasteiger partial charge in [0.1, 0.15) is 5.78 Å². The molecule has 0 fully saturated rings. The van der Waals surface area contributed by atoms with Crippen molar-refractivity contribution in [3.05, 3.63) is 0 Å². The summed E-state index contributed by atoms with van der Waals surface area (Å²) in [5.41, 5.74) is -0.385. The number of nitrogens with zero attached hydrogens (tertiary/aromatic N) is 2. The third kappa shape index (κ3) is 5.78. The highest BCUT2D eigenvalue weighted by atomic mass is 128. The van der Waals surface area contributed by atoms with Gasteiger partial charge in [0.2, 0.25) is 0 Å². The highest BCUT2D eigenvalue weighted by Crippen LogP contribution is 2.17. The van der Waals surface area contributed by atoms with Crippen LogP contribution in [0.25, 0.3) is 0 Å². The van der Waals surface area contributed by atoms with Crippen molar-refractivity contribution in [2.45, 2.75) is 39.4 Å². The van der Waals surface area contributed by atoms with Crippen molar-refractivity contribution in [3.63, 3.8) is 0 Å². The quantitative estimate of drug-likeness (QED) is 0.497. The maximum absolute atomic E-state index is 11.4. The molecule has 0 N–H and O–H groups in total. The minimum atomic E-state index is -0.385. The van der Waals surface area contributed by atoms with Crippen LogP contribution in [0.5, 0.6) is 0 Å². The Labute approximate surface area is 117 Å². The van der Waals surface area contributed by atoms with Crippen molar-refractivity contribution in [2.24, 2.45) is 0 Å². The zero-order valence-electron chi connectivity index (χ0n) is 10.6. The van der Waals surface area contributed by atoms with E-state index in [9.17, 15) is 4.79 Å². The summed E-state index contributed by atoms with van der Waals surface area (Å²) in [6.07, 6.45) is 0.263. The number of carbonyl (C=O) groups is 1. The van der Waals surface area contributed by atoms with Crippen LogP contribution in [-0.2, 0) is 4.79 Å². The predicted molar refractivity (Wildman–Crippen MR) is 83.7 cm³/mol. The summed E-state index contributed by atoms with van der Waals surface area (Å²) >= 11 is 4.24. The summed E-state index contributed by atoms with van der Waals surface area (Å²) in [5, 5.41) is 0. The molecule has 0 radical (unpaired) electrons. The molecule has 92 valence electrons. The summed E-state index contributed by atoms with van der Waals surface area (Å²) in [5.74, 6) is 0.198. The molecule has 0 heterocycles. The first-order valence-electron chi connectivity index (χ1n) is 4.76. The molecule has 0 spiro atoms. The smallest absolute Gasteiger partial charge is 0.149 e. The Morgan fingerprint density at radius 3 is 1.73 bits per heavy atom.